The Hall–Kier alpha value is -3.29. The second kappa shape index (κ2) is 9.07. The molecule has 0 unspecified atom stereocenters. The van der Waals surface area contributed by atoms with E-state index in [4.69, 9.17) is 21.1 Å². The van der Waals surface area contributed by atoms with Crippen LogP contribution in [-0.4, -0.2) is 12.6 Å². The van der Waals surface area contributed by atoms with Crippen molar-refractivity contribution < 1.29 is 14.3 Å². The van der Waals surface area contributed by atoms with E-state index in [9.17, 15) is 10.1 Å². The first kappa shape index (κ1) is 19.5. The number of nitrogens with zero attached hydrogens (tertiary/aromatic N) is 1. The molecule has 5 heteroatoms. The molecule has 0 aliphatic heterocycles. The molecular weight excluding hydrogens is 374 g/mol. The predicted octanol–water partition coefficient (Wildman–Crippen LogP) is 5.54. The topological polar surface area (TPSA) is 59.3 Å². The number of ether oxygens (including phenoxy) is 2. The van der Waals surface area contributed by atoms with Gasteiger partial charge < -0.3 is 9.47 Å². The summed E-state index contributed by atoms with van der Waals surface area (Å²) >= 11 is 6.10. The summed E-state index contributed by atoms with van der Waals surface area (Å²) in [6.07, 6.45) is 1.43. The van der Waals surface area contributed by atoms with Crippen molar-refractivity contribution in [2.24, 2.45) is 0 Å². The third kappa shape index (κ3) is 4.51. The monoisotopic (exact) mass is 391 g/mol. The van der Waals surface area contributed by atoms with Crippen molar-refractivity contribution in [1.29, 1.82) is 5.26 Å². The van der Waals surface area contributed by atoms with E-state index in [1.807, 2.05) is 48.5 Å². The van der Waals surface area contributed by atoms with E-state index in [1.54, 1.807) is 25.1 Å². The highest BCUT2D eigenvalue weighted by Crippen LogP contribution is 2.27. The Morgan fingerprint density at radius 2 is 1.93 bits per heavy atom. The molecule has 3 rings (SSSR count). The predicted molar refractivity (Wildman–Crippen MR) is 110 cm³/mol. The van der Waals surface area contributed by atoms with Gasteiger partial charge in [-0.05, 0) is 47.5 Å². The lowest BCUT2D eigenvalue weighted by molar-refractivity contribution is -0.137. The zero-order chi connectivity index (χ0) is 19.9. The fourth-order valence-corrected chi connectivity index (χ4v) is 3.02. The maximum Gasteiger partial charge on any atom is 0.348 e. The first-order chi connectivity index (χ1) is 13.6. The number of nitriles is 1. The van der Waals surface area contributed by atoms with Gasteiger partial charge in [-0.15, -0.1) is 0 Å². The Balaban J connectivity index is 1.91. The van der Waals surface area contributed by atoms with Crippen LogP contribution in [0.4, 0.5) is 0 Å². The minimum absolute atomic E-state index is 0.112. The minimum Gasteiger partial charge on any atom is -0.488 e. The zero-order valence-corrected chi connectivity index (χ0v) is 16.1. The molecule has 0 fully saturated rings. The van der Waals surface area contributed by atoms with Crippen LogP contribution < -0.4 is 4.74 Å². The molecule has 0 radical (unpaired) electrons. The molecule has 0 heterocycles. The van der Waals surface area contributed by atoms with Gasteiger partial charge in [0.05, 0.1) is 6.61 Å². The van der Waals surface area contributed by atoms with Crippen LogP contribution in [0, 0.1) is 11.3 Å². The molecule has 28 heavy (non-hydrogen) atoms. The number of hydrogen-bond donors (Lipinski definition) is 0. The van der Waals surface area contributed by atoms with Gasteiger partial charge in [-0.25, -0.2) is 4.79 Å². The number of benzene rings is 3. The van der Waals surface area contributed by atoms with Crippen molar-refractivity contribution >= 4 is 34.4 Å². The summed E-state index contributed by atoms with van der Waals surface area (Å²) in [5, 5.41) is 12.0. The smallest absolute Gasteiger partial charge is 0.348 e. The normalized spacial score (nSPS) is 11.1. The van der Waals surface area contributed by atoms with Gasteiger partial charge in [-0.1, -0.05) is 54.1 Å². The molecule has 0 N–H and O–H groups in total. The van der Waals surface area contributed by atoms with Crippen molar-refractivity contribution in [3.05, 3.63) is 82.4 Å². The average molecular weight is 392 g/mol. The summed E-state index contributed by atoms with van der Waals surface area (Å²) in [7, 11) is 0. The number of carbonyl (C=O) groups excluding carboxylic acids is 1. The number of carbonyl (C=O) groups is 1. The van der Waals surface area contributed by atoms with Crippen LogP contribution in [0.1, 0.15) is 18.1 Å². The maximum atomic E-state index is 11.9. The Morgan fingerprint density at radius 3 is 2.71 bits per heavy atom. The van der Waals surface area contributed by atoms with Crippen LogP contribution in [-0.2, 0) is 16.1 Å². The van der Waals surface area contributed by atoms with Crippen LogP contribution in [0.2, 0.25) is 5.02 Å². The summed E-state index contributed by atoms with van der Waals surface area (Å²) in [6, 6.07) is 21.1. The standard InChI is InChI=1S/C23H18ClNO3/c1-2-27-23(26)19(14-25)12-18-13-20(24)10-11-22(18)28-15-17-8-5-7-16-6-3-4-9-21(16)17/h3-13H,2,15H2,1H3. The summed E-state index contributed by atoms with van der Waals surface area (Å²) < 4.78 is 10.9. The van der Waals surface area contributed by atoms with Crippen molar-refractivity contribution in [1.82, 2.24) is 0 Å². The molecule has 4 nitrogen and oxygen atoms in total. The van der Waals surface area contributed by atoms with Crippen molar-refractivity contribution in [3.8, 4) is 11.8 Å². The van der Waals surface area contributed by atoms with Crippen LogP contribution in [0.3, 0.4) is 0 Å². The molecule has 3 aromatic rings. The Bertz CT molecular complexity index is 1080. The fraction of sp³-hybridized carbons (Fsp3) is 0.130. The van der Waals surface area contributed by atoms with Gasteiger partial charge in [-0.2, -0.15) is 5.26 Å². The third-order valence-electron chi connectivity index (χ3n) is 4.15. The quantitative estimate of drug-likeness (QED) is 0.314. The van der Waals surface area contributed by atoms with Gasteiger partial charge >= 0.3 is 5.97 Å². The summed E-state index contributed by atoms with van der Waals surface area (Å²) in [6.45, 7) is 2.22. The van der Waals surface area contributed by atoms with E-state index in [0.717, 1.165) is 16.3 Å². The second-order valence-electron chi connectivity index (χ2n) is 6.00. The highest BCUT2D eigenvalue weighted by Gasteiger charge is 2.12. The summed E-state index contributed by atoms with van der Waals surface area (Å²) in [5.41, 5.74) is 1.46. The maximum absolute atomic E-state index is 11.9. The van der Waals surface area contributed by atoms with Gasteiger partial charge in [-0.3, -0.25) is 0 Å². The van der Waals surface area contributed by atoms with Gasteiger partial charge in [0.1, 0.15) is 24.0 Å². The van der Waals surface area contributed by atoms with E-state index < -0.39 is 5.97 Å². The Labute approximate surface area is 168 Å². The fourth-order valence-electron chi connectivity index (χ4n) is 2.84. The third-order valence-corrected chi connectivity index (χ3v) is 4.39. The summed E-state index contributed by atoms with van der Waals surface area (Å²) in [5.74, 6) is -0.153. The lowest BCUT2D eigenvalue weighted by Crippen LogP contribution is -2.06. The molecule has 140 valence electrons. The van der Waals surface area contributed by atoms with Crippen molar-refractivity contribution in [2.45, 2.75) is 13.5 Å². The van der Waals surface area contributed by atoms with E-state index in [-0.39, 0.29) is 12.2 Å². The number of fused-ring (bicyclic) bond motifs is 1. The molecule has 0 atom stereocenters. The van der Waals surface area contributed by atoms with Gasteiger partial charge in [0.2, 0.25) is 0 Å². The van der Waals surface area contributed by atoms with Crippen molar-refractivity contribution in [3.63, 3.8) is 0 Å². The second-order valence-corrected chi connectivity index (χ2v) is 6.44. The minimum atomic E-state index is -0.676. The zero-order valence-electron chi connectivity index (χ0n) is 15.3. The molecule has 0 aliphatic carbocycles. The average Bonchev–Trinajstić information content (AvgIpc) is 2.71. The molecule has 0 bridgehead atoms. The highest BCUT2D eigenvalue weighted by atomic mass is 35.5. The Kier molecular flexibility index (Phi) is 6.31. The summed E-state index contributed by atoms with van der Waals surface area (Å²) in [4.78, 5) is 11.9. The molecule has 0 aliphatic rings. The van der Waals surface area contributed by atoms with Crippen molar-refractivity contribution in [2.75, 3.05) is 6.61 Å². The molecule has 0 saturated carbocycles. The van der Waals surface area contributed by atoms with Gasteiger partial charge in [0.15, 0.2) is 0 Å². The van der Waals surface area contributed by atoms with E-state index in [1.165, 1.54) is 6.08 Å². The van der Waals surface area contributed by atoms with Crippen LogP contribution in [0.5, 0.6) is 5.75 Å². The van der Waals surface area contributed by atoms with Crippen LogP contribution in [0.25, 0.3) is 16.8 Å². The van der Waals surface area contributed by atoms with Gasteiger partial charge in [0, 0.05) is 10.6 Å². The number of hydrogen-bond acceptors (Lipinski definition) is 4. The molecule has 0 spiro atoms. The SMILES string of the molecule is CCOC(=O)C(C#N)=Cc1cc(Cl)ccc1OCc1cccc2ccccc12. The largest absolute Gasteiger partial charge is 0.488 e. The molecule has 0 saturated heterocycles. The number of esters is 1. The van der Waals surface area contributed by atoms with E-state index >= 15 is 0 Å². The van der Waals surface area contributed by atoms with E-state index in [0.29, 0.717) is 22.9 Å². The lowest BCUT2D eigenvalue weighted by atomic mass is 10.1. The highest BCUT2D eigenvalue weighted by molar-refractivity contribution is 6.30. The molecule has 0 amide bonds. The first-order valence-electron chi connectivity index (χ1n) is 8.80. The van der Waals surface area contributed by atoms with Gasteiger partial charge in [0.25, 0.3) is 0 Å². The lowest BCUT2D eigenvalue weighted by Gasteiger charge is -2.12. The number of rotatable bonds is 6. The number of halogens is 1. The van der Waals surface area contributed by atoms with Crippen LogP contribution in [0.15, 0.2) is 66.2 Å². The Morgan fingerprint density at radius 1 is 1.14 bits per heavy atom. The molecule has 0 aromatic heterocycles. The van der Waals surface area contributed by atoms with Crippen LogP contribution >= 0.6 is 11.6 Å². The molecule has 3 aromatic carbocycles. The molecular formula is C23H18ClNO3. The first-order valence-corrected chi connectivity index (χ1v) is 9.18. The van der Waals surface area contributed by atoms with E-state index in [2.05, 4.69) is 0 Å².